The van der Waals surface area contributed by atoms with E-state index < -0.39 is 5.97 Å². The molecule has 1 aromatic rings. The molecule has 0 saturated heterocycles. The molecule has 0 amide bonds. The largest absolute Gasteiger partial charge is 0.481 e. The maximum atomic E-state index is 10.6. The average Bonchev–Trinajstić information content (AvgIpc) is 2.72. The lowest BCUT2D eigenvalue weighted by Crippen LogP contribution is -1.93. The molecule has 0 aliphatic heterocycles. The molecule has 1 aromatic carbocycles. The summed E-state index contributed by atoms with van der Waals surface area (Å²) in [4.78, 5) is 21.0. The minimum Gasteiger partial charge on any atom is -0.481 e. The highest BCUT2D eigenvalue weighted by Crippen LogP contribution is 2.13. The minimum absolute atomic E-state index is 0.121. The van der Waals surface area contributed by atoms with E-state index in [-0.39, 0.29) is 5.78 Å². The third-order valence-electron chi connectivity index (χ3n) is 5.17. The third kappa shape index (κ3) is 20.9. The second kappa shape index (κ2) is 21.1. The van der Waals surface area contributed by atoms with Gasteiger partial charge in [-0.15, -0.1) is 0 Å². The first-order chi connectivity index (χ1) is 14.1. The number of aliphatic carboxylic acids is 1. The van der Waals surface area contributed by atoms with E-state index in [9.17, 15) is 9.59 Å². The number of ketones is 1. The summed E-state index contributed by atoms with van der Waals surface area (Å²) >= 11 is 0. The third-order valence-corrected chi connectivity index (χ3v) is 5.17. The number of rotatable bonds is 17. The van der Waals surface area contributed by atoms with Crippen LogP contribution in [0.1, 0.15) is 127 Å². The Bertz CT molecular complexity index is 496. The van der Waals surface area contributed by atoms with Gasteiger partial charge in [-0.3, -0.25) is 9.59 Å². The molecule has 0 aliphatic carbocycles. The van der Waals surface area contributed by atoms with Crippen molar-refractivity contribution in [2.45, 2.75) is 117 Å². The number of hydrogen-bond acceptors (Lipinski definition) is 2. The summed E-state index contributed by atoms with van der Waals surface area (Å²) < 4.78 is 0. The van der Waals surface area contributed by atoms with Crippen LogP contribution >= 0.6 is 0 Å². The molecule has 29 heavy (non-hydrogen) atoms. The Kier molecular flexibility index (Phi) is 19.9. The predicted molar refractivity (Wildman–Crippen MR) is 124 cm³/mol. The van der Waals surface area contributed by atoms with Crippen LogP contribution in [0.25, 0.3) is 0 Å². The van der Waals surface area contributed by atoms with E-state index in [2.05, 4.69) is 6.92 Å². The van der Waals surface area contributed by atoms with Crippen LogP contribution in [0.5, 0.6) is 0 Å². The van der Waals surface area contributed by atoms with E-state index in [1.54, 1.807) is 6.92 Å². The molecule has 0 atom stereocenters. The van der Waals surface area contributed by atoms with Crippen LogP contribution in [0.4, 0.5) is 0 Å². The summed E-state index contributed by atoms with van der Waals surface area (Å²) in [6, 6.07) is 9.23. The zero-order chi connectivity index (χ0) is 21.6. The lowest BCUT2D eigenvalue weighted by molar-refractivity contribution is -0.137. The molecule has 0 heterocycles. The van der Waals surface area contributed by atoms with Crippen molar-refractivity contribution in [2.75, 3.05) is 0 Å². The number of carbonyl (C=O) groups is 2. The van der Waals surface area contributed by atoms with Gasteiger partial charge in [0, 0.05) is 12.0 Å². The van der Waals surface area contributed by atoms with Gasteiger partial charge >= 0.3 is 5.97 Å². The smallest absolute Gasteiger partial charge is 0.303 e. The number of benzene rings is 1. The first kappa shape index (κ1) is 27.4. The van der Waals surface area contributed by atoms with Gasteiger partial charge < -0.3 is 5.11 Å². The topological polar surface area (TPSA) is 54.4 Å². The summed E-state index contributed by atoms with van der Waals surface area (Å²) in [6.07, 6.45) is 20.2. The van der Waals surface area contributed by atoms with E-state index in [0.717, 1.165) is 18.4 Å². The van der Waals surface area contributed by atoms with Crippen molar-refractivity contribution in [1.82, 2.24) is 0 Å². The highest BCUT2D eigenvalue weighted by Gasteiger charge is 1.97. The summed E-state index contributed by atoms with van der Waals surface area (Å²) in [5, 5.41) is 8.52. The Hall–Kier alpha value is -1.64. The van der Waals surface area contributed by atoms with Gasteiger partial charge in [-0.25, -0.2) is 0 Å². The molecular formula is C26H44O3. The predicted octanol–water partition coefficient (Wildman–Crippen LogP) is 8.22. The molecule has 0 saturated carbocycles. The maximum absolute atomic E-state index is 10.6. The number of carboxylic acids is 1. The number of Topliss-reactive ketones (excluding diaryl/α,β-unsaturated/α-hetero) is 1. The molecule has 3 nitrogen and oxygen atoms in total. The van der Waals surface area contributed by atoms with Crippen molar-refractivity contribution >= 4 is 11.8 Å². The van der Waals surface area contributed by atoms with Crippen LogP contribution < -0.4 is 0 Å². The van der Waals surface area contributed by atoms with E-state index >= 15 is 0 Å². The summed E-state index contributed by atoms with van der Waals surface area (Å²) in [5.74, 6) is -0.532. The van der Waals surface area contributed by atoms with Gasteiger partial charge in [-0.1, -0.05) is 127 Å². The minimum atomic E-state index is -0.653. The van der Waals surface area contributed by atoms with E-state index in [4.69, 9.17) is 5.11 Å². The molecule has 0 spiro atoms. The Morgan fingerprint density at radius 1 is 0.655 bits per heavy atom. The fraction of sp³-hybridized carbons (Fsp3) is 0.692. The second-order valence-electron chi connectivity index (χ2n) is 8.02. The van der Waals surface area contributed by atoms with Crippen LogP contribution in [-0.2, 0) is 4.79 Å². The number of unbranched alkanes of at least 4 members (excludes halogenated alkanes) is 14. The van der Waals surface area contributed by atoms with Gasteiger partial charge in [0.25, 0.3) is 0 Å². The van der Waals surface area contributed by atoms with Gasteiger partial charge in [-0.2, -0.15) is 0 Å². The molecule has 0 radical (unpaired) electrons. The van der Waals surface area contributed by atoms with Crippen LogP contribution in [0.2, 0.25) is 0 Å². The standard InChI is InChI=1S/C18H36O2.C8H8O/c1-2-3-4-5-6-7-8-9-10-11-12-13-14-15-16-17-18(19)20;1-7(9)8-5-3-2-4-6-8/h2-17H2,1H3,(H,19,20);2-6H,1H3. The molecule has 1 N–H and O–H groups in total. The number of hydrogen-bond donors (Lipinski definition) is 1. The summed E-state index contributed by atoms with van der Waals surface area (Å²) in [6.45, 7) is 3.83. The molecule has 0 bridgehead atoms. The number of carbonyl (C=O) groups excluding carboxylic acids is 1. The molecule has 0 fully saturated rings. The van der Waals surface area contributed by atoms with Crippen molar-refractivity contribution in [1.29, 1.82) is 0 Å². The fourth-order valence-corrected chi connectivity index (χ4v) is 3.32. The first-order valence-electron chi connectivity index (χ1n) is 11.9. The monoisotopic (exact) mass is 404 g/mol. The van der Waals surface area contributed by atoms with Crippen molar-refractivity contribution < 1.29 is 14.7 Å². The quantitative estimate of drug-likeness (QED) is 0.210. The first-order valence-corrected chi connectivity index (χ1v) is 11.9. The molecule has 166 valence electrons. The van der Waals surface area contributed by atoms with Crippen LogP contribution in [0.15, 0.2) is 30.3 Å². The van der Waals surface area contributed by atoms with Crippen LogP contribution in [-0.4, -0.2) is 16.9 Å². The van der Waals surface area contributed by atoms with Crippen LogP contribution in [0.3, 0.4) is 0 Å². The normalized spacial score (nSPS) is 10.3. The van der Waals surface area contributed by atoms with Gasteiger partial charge in [0.15, 0.2) is 5.78 Å². The molecular weight excluding hydrogens is 360 g/mol. The highest BCUT2D eigenvalue weighted by atomic mass is 16.4. The molecule has 0 aliphatic rings. The van der Waals surface area contributed by atoms with Crippen molar-refractivity contribution in [3.63, 3.8) is 0 Å². The zero-order valence-electron chi connectivity index (χ0n) is 19.0. The fourth-order valence-electron chi connectivity index (χ4n) is 3.32. The molecule has 3 heteroatoms. The summed E-state index contributed by atoms with van der Waals surface area (Å²) in [7, 11) is 0. The second-order valence-corrected chi connectivity index (χ2v) is 8.02. The zero-order valence-corrected chi connectivity index (χ0v) is 19.0. The molecule has 1 rings (SSSR count). The van der Waals surface area contributed by atoms with Crippen LogP contribution in [0, 0.1) is 0 Å². The average molecular weight is 405 g/mol. The van der Waals surface area contributed by atoms with E-state index in [1.807, 2.05) is 30.3 Å². The van der Waals surface area contributed by atoms with Crippen molar-refractivity contribution in [3.05, 3.63) is 35.9 Å². The SMILES string of the molecule is CC(=O)c1ccccc1.CCCCCCCCCCCCCCCCCC(=O)O. The Labute approximate surface area is 179 Å². The lowest BCUT2D eigenvalue weighted by Gasteiger charge is -2.03. The van der Waals surface area contributed by atoms with E-state index in [1.165, 1.54) is 83.5 Å². The number of carboxylic acid groups (broad SMARTS) is 1. The van der Waals surface area contributed by atoms with E-state index in [0.29, 0.717) is 6.42 Å². The Balaban J connectivity index is 0.000000717. The lowest BCUT2D eigenvalue weighted by atomic mass is 10.0. The van der Waals surface area contributed by atoms with Gasteiger partial charge in [0.1, 0.15) is 0 Å². The van der Waals surface area contributed by atoms with Crippen molar-refractivity contribution in [3.8, 4) is 0 Å². The van der Waals surface area contributed by atoms with Gasteiger partial charge in [0.2, 0.25) is 0 Å². The maximum Gasteiger partial charge on any atom is 0.303 e. The Morgan fingerprint density at radius 3 is 1.34 bits per heavy atom. The molecule has 0 unspecified atom stereocenters. The highest BCUT2D eigenvalue weighted by molar-refractivity contribution is 5.93. The molecule has 0 aromatic heterocycles. The Morgan fingerprint density at radius 2 is 1.03 bits per heavy atom. The van der Waals surface area contributed by atoms with Gasteiger partial charge in [0.05, 0.1) is 0 Å². The van der Waals surface area contributed by atoms with Crippen molar-refractivity contribution in [2.24, 2.45) is 0 Å². The summed E-state index contributed by atoms with van der Waals surface area (Å²) in [5.41, 5.74) is 0.775. The van der Waals surface area contributed by atoms with Gasteiger partial charge in [-0.05, 0) is 13.3 Å².